The standard InChI is InChI=1S/C21H29ClN2O4/c1-15-11-17(12-16(2)20(15)22)28-14-21(27)7-4-9-24(13-21)19(26)6-10-23-8-3-5-18(23)25/h11-12,27H,3-10,13-14H2,1-2H3. The quantitative estimate of drug-likeness (QED) is 0.785. The molecule has 1 N–H and O–H groups in total. The summed E-state index contributed by atoms with van der Waals surface area (Å²) in [4.78, 5) is 27.7. The van der Waals surface area contributed by atoms with Gasteiger partial charge in [-0.3, -0.25) is 9.59 Å². The number of benzene rings is 1. The number of β-amino-alcohol motifs (C(OH)–C–C–N with tert-alkyl or cyclic N) is 1. The van der Waals surface area contributed by atoms with E-state index in [9.17, 15) is 14.7 Å². The first kappa shape index (κ1) is 20.9. The second-order valence-corrected chi connectivity index (χ2v) is 8.42. The zero-order chi connectivity index (χ0) is 20.3. The first-order chi connectivity index (χ1) is 13.3. The fraction of sp³-hybridized carbons (Fsp3) is 0.619. The number of aliphatic hydroxyl groups is 1. The summed E-state index contributed by atoms with van der Waals surface area (Å²) in [5, 5.41) is 11.7. The first-order valence-corrected chi connectivity index (χ1v) is 10.3. The van der Waals surface area contributed by atoms with E-state index in [4.69, 9.17) is 16.3 Å². The zero-order valence-electron chi connectivity index (χ0n) is 16.7. The highest BCUT2D eigenvalue weighted by molar-refractivity contribution is 6.32. The van der Waals surface area contributed by atoms with Gasteiger partial charge in [-0.05, 0) is 56.4 Å². The van der Waals surface area contributed by atoms with Gasteiger partial charge >= 0.3 is 0 Å². The Bertz CT molecular complexity index is 731. The van der Waals surface area contributed by atoms with E-state index in [2.05, 4.69) is 0 Å². The highest BCUT2D eigenvalue weighted by Crippen LogP contribution is 2.28. The molecule has 0 aliphatic carbocycles. The van der Waals surface area contributed by atoms with Gasteiger partial charge in [0.25, 0.3) is 0 Å². The highest BCUT2D eigenvalue weighted by Gasteiger charge is 2.36. The predicted octanol–water partition coefficient (Wildman–Crippen LogP) is 2.70. The topological polar surface area (TPSA) is 70.1 Å². The van der Waals surface area contributed by atoms with Gasteiger partial charge in [-0.2, -0.15) is 0 Å². The third kappa shape index (κ3) is 4.97. The van der Waals surface area contributed by atoms with Crippen molar-refractivity contribution >= 4 is 23.4 Å². The molecule has 6 nitrogen and oxygen atoms in total. The summed E-state index contributed by atoms with van der Waals surface area (Å²) in [7, 11) is 0. The van der Waals surface area contributed by atoms with Crippen LogP contribution < -0.4 is 4.74 Å². The van der Waals surface area contributed by atoms with Crippen LogP contribution in [0.5, 0.6) is 5.75 Å². The maximum Gasteiger partial charge on any atom is 0.224 e. The molecule has 0 spiro atoms. The number of rotatable bonds is 6. The van der Waals surface area contributed by atoms with Gasteiger partial charge in [0.2, 0.25) is 11.8 Å². The number of hydrogen-bond donors (Lipinski definition) is 1. The molecular formula is C21H29ClN2O4. The summed E-state index contributed by atoms with van der Waals surface area (Å²) in [6, 6.07) is 3.72. The molecule has 1 atom stereocenters. The van der Waals surface area contributed by atoms with Gasteiger partial charge in [0, 0.05) is 37.5 Å². The van der Waals surface area contributed by atoms with Crippen molar-refractivity contribution in [3.8, 4) is 5.75 Å². The summed E-state index contributed by atoms with van der Waals surface area (Å²) in [5.41, 5.74) is 0.792. The van der Waals surface area contributed by atoms with E-state index in [0.717, 1.165) is 35.5 Å². The second-order valence-electron chi connectivity index (χ2n) is 8.04. The summed E-state index contributed by atoms with van der Waals surface area (Å²) in [5.74, 6) is 0.782. The molecule has 0 bridgehead atoms. The van der Waals surface area contributed by atoms with Crippen LogP contribution in [0.3, 0.4) is 0 Å². The van der Waals surface area contributed by atoms with Crippen molar-refractivity contribution in [2.45, 2.75) is 51.6 Å². The average molecular weight is 409 g/mol. The van der Waals surface area contributed by atoms with Gasteiger partial charge in [0.1, 0.15) is 18.0 Å². The van der Waals surface area contributed by atoms with Crippen LogP contribution in [-0.4, -0.2) is 65.1 Å². The molecule has 7 heteroatoms. The number of carbonyl (C=O) groups excluding carboxylic acids is 2. The molecule has 2 fully saturated rings. The molecule has 0 aromatic heterocycles. The van der Waals surface area contributed by atoms with Crippen molar-refractivity contribution in [1.29, 1.82) is 0 Å². The lowest BCUT2D eigenvalue weighted by Gasteiger charge is -2.39. The Hall–Kier alpha value is -1.79. The minimum absolute atomic E-state index is 0.0176. The molecule has 0 radical (unpaired) electrons. The van der Waals surface area contributed by atoms with E-state index in [0.29, 0.717) is 38.1 Å². The maximum absolute atomic E-state index is 12.6. The van der Waals surface area contributed by atoms with Gasteiger partial charge in [0.15, 0.2) is 0 Å². The van der Waals surface area contributed by atoms with E-state index in [1.165, 1.54) is 0 Å². The summed E-state index contributed by atoms with van der Waals surface area (Å²) in [6.07, 6.45) is 3.08. The van der Waals surface area contributed by atoms with Crippen LogP contribution in [0.1, 0.15) is 43.2 Å². The Balaban J connectivity index is 1.54. The van der Waals surface area contributed by atoms with E-state index in [1.54, 1.807) is 9.80 Å². The van der Waals surface area contributed by atoms with Gasteiger partial charge in [-0.25, -0.2) is 0 Å². The number of nitrogens with zero attached hydrogens (tertiary/aromatic N) is 2. The molecule has 28 heavy (non-hydrogen) atoms. The Morgan fingerprint density at radius 2 is 1.96 bits per heavy atom. The number of halogens is 1. The van der Waals surface area contributed by atoms with Crippen LogP contribution in [0, 0.1) is 13.8 Å². The number of piperidine rings is 1. The molecule has 2 heterocycles. The van der Waals surface area contributed by atoms with Gasteiger partial charge in [-0.1, -0.05) is 11.6 Å². The van der Waals surface area contributed by atoms with Crippen molar-refractivity contribution in [2.24, 2.45) is 0 Å². The van der Waals surface area contributed by atoms with Gasteiger partial charge in [-0.15, -0.1) is 0 Å². The van der Waals surface area contributed by atoms with Crippen LogP contribution in [-0.2, 0) is 9.59 Å². The number of carbonyl (C=O) groups is 2. The lowest BCUT2D eigenvalue weighted by Crippen LogP contribution is -2.53. The fourth-order valence-corrected chi connectivity index (χ4v) is 4.09. The van der Waals surface area contributed by atoms with E-state index in [1.807, 2.05) is 26.0 Å². The number of aryl methyl sites for hydroxylation is 2. The minimum atomic E-state index is -1.07. The summed E-state index contributed by atoms with van der Waals surface area (Å²) < 4.78 is 5.85. The Morgan fingerprint density at radius 1 is 1.25 bits per heavy atom. The Kier molecular flexibility index (Phi) is 6.50. The number of likely N-dealkylation sites (tertiary alicyclic amines) is 2. The Morgan fingerprint density at radius 3 is 2.61 bits per heavy atom. The smallest absolute Gasteiger partial charge is 0.224 e. The van der Waals surface area contributed by atoms with Crippen LogP contribution in [0.15, 0.2) is 12.1 Å². The molecule has 3 rings (SSSR count). The molecule has 2 aliphatic heterocycles. The third-order valence-electron chi connectivity index (χ3n) is 5.59. The van der Waals surface area contributed by atoms with E-state index in [-0.39, 0.29) is 25.0 Å². The molecule has 1 unspecified atom stereocenters. The molecular weight excluding hydrogens is 380 g/mol. The number of hydrogen-bond acceptors (Lipinski definition) is 4. The fourth-order valence-electron chi connectivity index (χ4n) is 3.98. The van der Waals surface area contributed by atoms with Crippen LogP contribution in [0.2, 0.25) is 5.02 Å². The predicted molar refractivity (Wildman–Crippen MR) is 108 cm³/mol. The average Bonchev–Trinajstić information content (AvgIpc) is 3.07. The second kappa shape index (κ2) is 8.70. The molecule has 154 valence electrons. The maximum atomic E-state index is 12.6. The van der Waals surface area contributed by atoms with Crippen molar-refractivity contribution in [3.05, 3.63) is 28.3 Å². The van der Waals surface area contributed by atoms with Gasteiger partial charge < -0.3 is 19.6 Å². The summed E-state index contributed by atoms with van der Waals surface area (Å²) in [6.45, 7) is 6.06. The molecule has 1 aromatic carbocycles. The lowest BCUT2D eigenvalue weighted by atomic mass is 9.93. The van der Waals surface area contributed by atoms with Crippen LogP contribution in [0.4, 0.5) is 0 Å². The molecule has 1 aromatic rings. The van der Waals surface area contributed by atoms with Crippen molar-refractivity contribution in [2.75, 3.05) is 32.8 Å². The molecule has 2 saturated heterocycles. The normalized spacial score (nSPS) is 22.6. The number of ether oxygens (including phenoxy) is 1. The SMILES string of the molecule is Cc1cc(OCC2(O)CCCN(C(=O)CCN3CCCC3=O)C2)cc(C)c1Cl. The van der Waals surface area contributed by atoms with E-state index >= 15 is 0 Å². The minimum Gasteiger partial charge on any atom is -0.491 e. The first-order valence-electron chi connectivity index (χ1n) is 9.95. The zero-order valence-corrected chi connectivity index (χ0v) is 17.4. The van der Waals surface area contributed by atoms with Crippen LogP contribution in [0.25, 0.3) is 0 Å². The highest BCUT2D eigenvalue weighted by atomic mass is 35.5. The van der Waals surface area contributed by atoms with E-state index < -0.39 is 5.60 Å². The molecule has 2 amide bonds. The lowest BCUT2D eigenvalue weighted by molar-refractivity contribution is -0.140. The largest absolute Gasteiger partial charge is 0.491 e. The van der Waals surface area contributed by atoms with Crippen molar-refractivity contribution in [3.63, 3.8) is 0 Å². The molecule has 2 aliphatic rings. The number of amides is 2. The van der Waals surface area contributed by atoms with Gasteiger partial charge in [0.05, 0.1) is 6.54 Å². The van der Waals surface area contributed by atoms with Crippen molar-refractivity contribution in [1.82, 2.24) is 9.80 Å². The summed E-state index contributed by atoms with van der Waals surface area (Å²) >= 11 is 6.19. The Labute approximate surface area is 171 Å². The van der Waals surface area contributed by atoms with Crippen LogP contribution >= 0.6 is 11.6 Å². The third-order valence-corrected chi connectivity index (χ3v) is 6.19. The monoisotopic (exact) mass is 408 g/mol. The van der Waals surface area contributed by atoms with Crippen molar-refractivity contribution < 1.29 is 19.4 Å². The molecule has 0 saturated carbocycles.